The van der Waals surface area contributed by atoms with Gasteiger partial charge in [-0.25, -0.2) is 8.78 Å². The Kier molecular flexibility index (Phi) is 4.90. The summed E-state index contributed by atoms with van der Waals surface area (Å²) in [6.07, 6.45) is 1.31. The number of nitrogens with one attached hydrogen (secondary N) is 1. The van der Waals surface area contributed by atoms with Crippen LogP contribution in [0.15, 0.2) is 18.2 Å². The number of benzene rings is 1. The van der Waals surface area contributed by atoms with Crippen molar-refractivity contribution in [2.24, 2.45) is 5.84 Å². The van der Waals surface area contributed by atoms with Crippen molar-refractivity contribution in [3.8, 4) is 11.8 Å². The van der Waals surface area contributed by atoms with Gasteiger partial charge in [-0.2, -0.15) is 0 Å². The summed E-state index contributed by atoms with van der Waals surface area (Å²) in [5.74, 6) is 9.31. The van der Waals surface area contributed by atoms with E-state index in [1.54, 1.807) is 6.92 Å². The molecule has 1 aromatic carbocycles. The van der Waals surface area contributed by atoms with E-state index in [1.165, 1.54) is 6.07 Å². The van der Waals surface area contributed by atoms with Gasteiger partial charge in [0.25, 0.3) is 0 Å². The first kappa shape index (κ1) is 12.6. The Balaban J connectivity index is 2.77. The fraction of sp³-hybridized carbons (Fsp3) is 0.333. The van der Waals surface area contributed by atoms with Crippen LogP contribution in [0.3, 0.4) is 0 Å². The zero-order chi connectivity index (χ0) is 12.0. The Morgan fingerprint density at radius 3 is 2.69 bits per heavy atom. The van der Waals surface area contributed by atoms with Gasteiger partial charge in [0.2, 0.25) is 0 Å². The minimum Gasteiger partial charge on any atom is -0.271 e. The maximum Gasteiger partial charge on any atom is 0.159 e. The van der Waals surface area contributed by atoms with Gasteiger partial charge in [0.05, 0.1) is 0 Å². The third kappa shape index (κ3) is 3.30. The molecular formula is C12H14F2N2. The van der Waals surface area contributed by atoms with Gasteiger partial charge in [-0.3, -0.25) is 11.3 Å². The molecule has 1 aromatic rings. The van der Waals surface area contributed by atoms with E-state index in [0.717, 1.165) is 12.1 Å². The van der Waals surface area contributed by atoms with Gasteiger partial charge in [-0.15, -0.1) is 11.8 Å². The third-order valence-electron chi connectivity index (χ3n) is 2.28. The molecule has 1 atom stereocenters. The van der Waals surface area contributed by atoms with Gasteiger partial charge < -0.3 is 0 Å². The van der Waals surface area contributed by atoms with E-state index in [-0.39, 0.29) is 6.04 Å². The van der Waals surface area contributed by atoms with Crippen LogP contribution in [-0.4, -0.2) is 0 Å². The highest BCUT2D eigenvalue weighted by atomic mass is 19.2. The average Bonchev–Trinajstić information content (AvgIpc) is 2.29. The van der Waals surface area contributed by atoms with E-state index in [9.17, 15) is 8.78 Å². The van der Waals surface area contributed by atoms with E-state index in [4.69, 9.17) is 5.84 Å². The van der Waals surface area contributed by atoms with E-state index < -0.39 is 11.6 Å². The van der Waals surface area contributed by atoms with Crippen molar-refractivity contribution in [2.45, 2.75) is 25.8 Å². The molecular weight excluding hydrogens is 210 g/mol. The van der Waals surface area contributed by atoms with Gasteiger partial charge in [0.1, 0.15) is 0 Å². The van der Waals surface area contributed by atoms with Crippen LogP contribution in [0.2, 0.25) is 0 Å². The molecule has 1 unspecified atom stereocenters. The maximum absolute atomic E-state index is 13.0. The first-order valence-electron chi connectivity index (χ1n) is 4.99. The molecule has 0 saturated heterocycles. The second-order valence-corrected chi connectivity index (χ2v) is 3.36. The lowest BCUT2D eigenvalue weighted by molar-refractivity contribution is 0.490. The Labute approximate surface area is 93.8 Å². The number of nitrogens with two attached hydrogens (primary N) is 1. The van der Waals surface area contributed by atoms with Crippen LogP contribution in [0.5, 0.6) is 0 Å². The number of hydrogen-bond donors (Lipinski definition) is 2. The molecule has 0 spiro atoms. The Morgan fingerprint density at radius 2 is 2.12 bits per heavy atom. The highest BCUT2D eigenvalue weighted by Crippen LogP contribution is 2.19. The molecule has 0 heterocycles. The molecule has 1 rings (SSSR count). The van der Waals surface area contributed by atoms with E-state index in [0.29, 0.717) is 18.4 Å². The minimum absolute atomic E-state index is 0.212. The van der Waals surface area contributed by atoms with Crippen LogP contribution >= 0.6 is 0 Å². The molecule has 0 aliphatic carbocycles. The number of hydrogen-bond acceptors (Lipinski definition) is 2. The summed E-state index contributed by atoms with van der Waals surface area (Å²) in [7, 11) is 0. The van der Waals surface area contributed by atoms with Gasteiger partial charge in [0, 0.05) is 12.5 Å². The lowest BCUT2D eigenvalue weighted by Crippen LogP contribution is -2.28. The van der Waals surface area contributed by atoms with Crippen molar-refractivity contribution >= 4 is 0 Å². The van der Waals surface area contributed by atoms with E-state index >= 15 is 0 Å². The number of rotatable bonds is 4. The maximum atomic E-state index is 13.0. The van der Waals surface area contributed by atoms with Crippen molar-refractivity contribution in [1.29, 1.82) is 0 Å². The van der Waals surface area contributed by atoms with Crippen molar-refractivity contribution in [1.82, 2.24) is 5.43 Å². The van der Waals surface area contributed by atoms with Crippen molar-refractivity contribution < 1.29 is 8.78 Å². The molecule has 4 heteroatoms. The van der Waals surface area contributed by atoms with Gasteiger partial charge in [-0.05, 0) is 31.0 Å². The van der Waals surface area contributed by atoms with Crippen molar-refractivity contribution in [3.63, 3.8) is 0 Å². The van der Waals surface area contributed by atoms with Crippen LogP contribution < -0.4 is 11.3 Å². The Hall–Kier alpha value is -1.44. The molecule has 0 amide bonds. The molecule has 0 aromatic heterocycles. The van der Waals surface area contributed by atoms with Crippen LogP contribution in [-0.2, 0) is 0 Å². The monoisotopic (exact) mass is 224 g/mol. The molecule has 0 saturated carbocycles. The van der Waals surface area contributed by atoms with Crippen LogP contribution in [0.1, 0.15) is 31.4 Å². The fourth-order valence-corrected chi connectivity index (χ4v) is 1.42. The van der Waals surface area contributed by atoms with Gasteiger partial charge >= 0.3 is 0 Å². The third-order valence-corrected chi connectivity index (χ3v) is 2.28. The predicted octanol–water partition coefficient (Wildman–Crippen LogP) is 2.27. The highest BCUT2D eigenvalue weighted by Gasteiger charge is 2.11. The van der Waals surface area contributed by atoms with Gasteiger partial charge in [-0.1, -0.05) is 6.07 Å². The molecule has 3 N–H and O–H groups in total. The quantitative estimate of drug-likeness (QED) is 0.468. The van der Waals surface area contributed by atoms with Crippen LogP contribution in [0.4, 0.5) is 8.78 Å². The summed E-state index contributed by atoms with van der Waals surface area (Å²) in [5.41, 5.74) is 3.19. The summed E-state index contributed by atoms with van der Waals surface area (Å²) >= 11 is 0. The predicted molar refractivity (Wildman–Crippen MR) is 59.1 cm³/mol. The van der Waals surface area contributed by atoms with Gasteiger partial charge in [0.15, 0.2) is 11.6 Å². The average molecular weight is 224 g/mol. The van der Waals surface area contributed by atoms with Crippen LogP contribution in [0, 0.1) is 23.5 Å². The zero-order valence-corrected chi connectivity index (χ0v) is 9.06. The topological polar surface area (TPSA) is 38.0 Å². The summed E-state index contributed by atoms with van der Waals surface area (Å²) in [6, 6.07) is 3.55. The van der Waals surface area contributed by atoms with Crippen molar-refractivity contribution in [3.05, 3.63) is 35.4 Å². The zero-order valence-electron chi connectivity index (χ0n) is 9.06. The SMILES string of the molecule is CC#CCCC(NN)c1ccc(F)c(F)c1. The normalized spacial score (nSPS) is 11.8. The number of hydrazine groups is 1. The summed E-state index contributed by atoms with van der Waals surface area (Å²) in [6.45, 7) is 1.75. The second-order valence-electron chi connectivity index (χ2n) is 3.36. The molecule has 0 aliphatic rings. The number of halogens is 2. The smallest absolute Gasteiger partial charge is 0.159 e. The molecule has 86 valence electrons. The standard InChI is InChI=1S/C12H14F2N2/c1-2-3-4-5-12(16-15)9-6-7-10(13)11(14)8-9/h6-8,12,16H,4-5,15H2,1H3. The van der Waals surface area contributed by atoms with E-state index in [2.05, 4.69) is 17.3 Å². The van der Waals surface area contributed by atoms with E-state index in [1.807, 2.05) is 0 Å². The molecule has 0 bridgehead atoms. The first-order valence-corrected chi connectivity index (χ1v) is 4.99. The summed E-state index contributed by atoms with van der Waals surface area (Å²) < 4.78 is 25.7. The van der Waals surface area contributed by atoms with Crippen LogP contribution in [0.25, 0.3) is 0 Å². The van der Waals surface area contributed by atoms with Crippen molar-refractivity contribution in [2.75, 3.05) is 0 Å². The lowest BCUT2D eigenvalue weighted by Gasteiger charge is -2.14. The second kappa shape index (κ2) is 6.21. The molecule has 0 fully saturated rings. The first-order chi connectivity index (χ1) is 7.69. The lowest BCUT2D eigenvalue weighted by atomic mass is 10.0. The fourth-order valence-electron chi connectivity index (χ4n) is 1.42. The minimum atomic E-state index is -0.862. The molecule has 0 aliphatic heterocycles. The Bertz CT molecular complexity index is 407. The molecule has 16 heavy (non-hydrogen) atoms. The molecule has 2 nitrogen and oxygen atoms in total. The Morgan fingerprint density at radius 1 is 1.38 bits per heavy atom. The molecule has 0 radical (unpaired) electrons. The summed E-state index contributed by atoms with van der Waals surface area (Å²) in [4.78, 5) is 0. The largest absolute Gasteiger partial charge is 0.271 e. The summed E-state index contributed by atoms with van der Waals surface area (Å²) in [5, 5.41) is 0. The highest BCUT2D eigenvalue weighted by molar-refractivity contribution is 5.21.